The lowest BCUT2D eigenvalue weighted by molar-refractivity contribution is -0.123. The van der Waals surface area contributed by atoms with Crippen molar-refractivity contribution in [1.82, 2.24) is 10.9 Å². The number of rotatable bonds is 4. The number of carbonyl (C=O) groups is 2. The van der Waals surface area contributed by atoms with E-state index in [9.17, 15) is 9.59 Å². The van der Waals surface area contributed by atoms with E-state index in [4.69, 9.17) is 4.74 Å². The molecule has 0 fully saturated rings. The summed E-state index contributed by atoms with van der Waals surface area (Å²) >= 11 is 1.31. The topological polar surface area (TPSA) is 67.4 Å². The molecule has 1 aromatic heterocycles. The first-order chi connectivity index (χ1) is 10.7. The molecule has 0 aliphatic heterocycles. The number of fused-ring (bicyclic) bond motifs is 1. The van der Waals surface area contributed by atoms with Crippen molar-refractivity contribution in [3.8, 4) is 5.75 Å². The van der Waals surface area contributed by atoms with Gasteiger partial charge in [0, 0.05) is 0 Å². The van der Waals surface area contributed by atoms with Crippen LogP contribution in [0.15, 0.2) is 35.7 Å². The van der Waals surface area contributed by atoms with Gasteiger partial charge in [0.25, 0.3) is 11.8 Å². The van der Waals surface area contributed by atoms with Crippen LogP contribution >= 0.6 is 11.3 Å². The largest absolute Gasteiger partial charge is 0.484 e. The number of aryl methyl sites for hydroxylation is 2. The van der Waals surface area contributed by atoms with Crippen LogP contribution in [0.3, 0.4) is 0 Å². The quantitative estimate of drug-likeness (QED) is 0.849. The zero-order valence-corrected chi connectivity index (χ0v) is 12.7. The molecule has 2 aromatic rings. The number of hydrogen-bond acceptors (Lipinski definition) is 4. The van der Waals surface area contributed by atoms with E-state index in [1.807, 2.05) is 18.2 Å². The minimum atomic E-state index is -0.398. The summed E-state index contributed by atoms with van der Waals surface area (Å²) in [6, 6.07) is 9.38. The maximum Gasteiger partial charge on any atom is 0.279 e. The van der Waals surface area contributed by atoms with Gasteiger partial charge in [-0.15, -0.1) is 11.3 Å². The van der Waals surface area contributed by atoms with Crippen LogP contribution in [0.25, 0.3) is 0 Å². The number of benzene rings is 1. The Morgan fingerprint density at radius 2 is 2.00 bits per heavy atom. The van der Waals surface area contributed by atoms with Crippen molar-refractivity contribution in [3.05, 3.63) is 51.7 Å². The Balaban J connectivity index is 1.45. The molecule has 5 nitrogen and oxygen atoms in total. The minimum absolute atomic E-state index is 0.135. The summed E-state index contributed by atoms with van der Waals surface area (Å²) in [7, 11) is 0. The highest BCUT2D eigenvalue weighted by Gasteiger charge is 2.12. The molecule has 0 bridgehead atoms. The molecule has 2 amide bonds. The molecule has 1 aliphatic carbocycles. The molecule has 0 radical (unpaired) electrons. The predicted octanol–water partition coefficient (Wildman–Crippen LogP) is 2.08. The van der Waals surface area contributed by atoms with Gasteiger partial charge in [-0.2, -0.15) is 0 Å². The van der Waals surface area contributed by atoms with Crippen molar-refractivity contribution in [2.45, 2.75) is 19.3 Å². The number of thiophene rings is 1. The molecule has 1 aliphatic rings. The number of nitrogens with one attached hydrogen (secondary N) is 2. The van der Waals surface area contributed by atoms with Gasteiger partial charge < -0.3 is 4.74 Å². The summed E-state index contributed by atoms with van der Waals surface area (Å²) in [5.74, 6) is -0.0494. The lowest BCUT2D eigenvalue weighted by Gasteiger charge is -2.09. The molecular weight excluding hydrogens is 300 g/mol. The number of amides is 2. The Labute approximate surface area is 132 Å². The minimum Gasteiger partial charge on any atom is -0.484 e. The number of ether oxygens (including phenoxy) is 1. The smallest absolute Gasteiger partial charge is 0.279 e. The summed E-state index contributed by atoms with van der Waals surface area (Å²) in [5.41, 5.74) is 7.35. The summed E-state index contributed by atoms with van der Waals surface area (Å²) in [6.45, 7) is -0.135. The lowest BCUT2D eigenvalue weighted by Crippen LogP contribution is -2.43. The van der Waals surface area contributed by atoms with Gasteiger partial charge in [0.05, 0.1) is 4.88 Å². The van der Waals surface area contributed by atoms with Crippen LogP contribution in [-0.4, -0.2) is 18.4 Å². The Bertz CT molecular complexity index is 683. The molecular formula is C16H16N2O3S. The van der Waals surface area contributed by atoms with Gasteiger partial charge in [0.15, 0.2) is 6.61 Å². The van der Waals surface area contributed by atoms with Gasteiger partial charge in [0.1, 0.15) is 5.75 Å². The lowest BCUT2D eigenvalue weighted by atomic mass is 10.1. The SMILES string of the molecule is O=C(COc1ccc2c(c1)CCC2)NNC(=O)c1cccs1. The summed E-state index contributed by atoms with van der Waals surface area (Å²) < 4.78 is 5.46. The highest BCUT2D eigenvalue weighted by molar-refractivity contribution is 7.12. The van der Waals surface area contributed by atoms with Crippen molar-refractivity contribution in [3.63, 3.8) is 0 Å². The highest BCUT2D eigenvalue weighted by Crippen LogP contribution is 2.25. The molecule has 6 heteroatoms. The zero-order valence-electron chi connectivity index (χ0n) is 11.9. The van der Waals surface area contributed by atoms with Crippen LogP contribution in [0.2, 0.25) is 0 Å². The zero-order chi connectivity index (χ0) is 15.4. The molecule has 1 aromatic carbocycles. The van der Waals surface area contributed by atoms with Gasteiger partial charge >= 0.3 is 0 Å². The summed E-state index contributed by atoms with van der Waals surface area (Å²) in [5, 5.41) is 1.80. The normalized spacial score (nSPS) is 12.5. The van der Waals surface area contributed by atoms with Crippen LogP contribution in [0, 0.1) is 0 Å². The van der Waals surface area contributed by atoms with Crippen LogP contribution in [0.5, 0.6) is 5.75 Å². The first kappa shape index (κ1) is 14.6. The maximum absolute atomic E-state index is 11.7. The molecule has 0 spiro atoms. The fourth-order valence-electron chi connectivity index (χ4n) is 2.42. The Kier molecular flexibility index (Phi) is 4.39. The molecule has 0 saturated carbocycles. The second-order valence-corrected chi connectivity index (χ2v) is 6.00. The second-order valence-electron chi connectivity index (χ2n) is 5.05. The van der Waals surface area contributed by atoms with Gasteiger partial charge in [-0.05, 0) is 54.0 Å². The summed E-state index contributed by atoms with van der Waals surface area (Å²) in [6.07, 6.45) is 3.36. The monoisotopic (exact) mass is 316 g/mol. The molecule has 2 N–H and O–H groups in total. The molecule has 114 valence electrons. The van der Waals surface area contributed by atoms with Gasteiger partial charge in [-0.3, -0.25) is 20.4 Å². The Hall–Kier alpha value is -2.34. The highest BCUT2D eigenvalue weighted by atomic mass is 32.1. The van der Waals surface area contributed by atoms with Crippen molar-refractivity contribution < 1.29 is 14.3 Å². The van der Waals surface area contributed by atoms with Crippen LogP contribution in [0.4, 0.5) is 0 Å². The van der Waals surface area contributed by atoms with Crippen molar-refractivity contribution in [2.75, 3.05) is 6.61 Å². The van der Waals surface area contributed by atoms with Crippen molar-refractivity contribution >= 4 is 23.2 Å². The van der Waals surface area contributed by atoms with Crippen molar-refractivity contribution in [2.24, 2.45) is 0 Å². The first-order valence-corrected chi connectivity index (χ1v) is 7.97. The average molecular weight is 316 g/mol. The number of carbonyl (C=O) groups excluding carboxylic acids is 2. The van der Waals surface area contributed by atoms with E-state index in [1.54, 1.807) is 17.5 Å². The first-order valence-electron chi connectivity index (χ1n) is 7.09. The standard InChI is InChI=1S/C16H16N2O3S/c19-15(17-18-16(20)14-5-2-8-22-14)10-21-13-7-6-11-3-1-4-12(11)9-13/h2,5-9H,1,3-4,10H2,(H,17,19)(H,18,20). The Morgan fingerprint density at radius 3 is 2.82 bits per heavy atom. The average Bonchev–Trinajstić information content (AvgIpc) is 3.20. The molecule has 1 heterocycles. The van der Waals surface area contributed by atoms with E-state index < -0.39 is 5.91 Å². The van der Waals surface area contributed by atoms with E-state index in [-0.39, 0.29) is 12.5 Å². The number of hydrogen-bond donors (Lipinski definition) is 2. The van der Waals surface area contributed by atoms with Gasteiger partial charge in [-0.1, -0.05) is 12.1 Å². The molecule has 0 unspecified atom stereocenters. The third kappa shape index (κ3) is 3.46. The fraction of sp³-hybridized carbons (Fsp3) is 0.250. The van der Waals surface area contributed by atoms with E-state index in [2.05, 4.69) is 10.9 Å². The Morgan fingerprint density at radius 1 is 1.14 bits per heavy atom. The van der Waals surface area contributed by atoms with E-state index >= 15 is 0 Å². The number of hydrazine groups is 1. The van der Waals surface area contributed by atoms with Gasteiger partial charge in [0.2, 0.25) is 0 Å². The molecule has 22 heavy (non-hydrogen) atoms. The van der Waals surface area contributed by atoms with Crippen molar-refractivity contribution in [1.29, 1.82) is 0 Å². The molecule has 0 atom stereocenters. The molecule has 0 saturated heterocycles. The van der Waals surface area contributed by atoms with E-state index in [1.165, 1.54) is 28.9 Å². The second kappa shape index (κ2) is 6.62. The van der Waals surface area contributed by atoms with Crippen LogP contribution < -0.4 is 15.6 Å². The molecule has 3 rings (SSSR count). The third-order valence-corrected chi connectivity index (χ3v) is 4.37. The third-order valence-electron chi connectivity index (χ3n) is 3.50. The predicted molar refractivity (Wildman–Crippen MR) is 83.9 cm³/mol. The maximum atomic E-state index is 11.7. The van der Waals surface area contributed by atoms with Gasteiger partial charge in [-0.25, -0.2) is 0 Å². The van der Waals surface area contributed by atoms with Crippen LogP contribution in [0.1, 0.15) is 27.2 Å². The summed E-state index contributed by atoms with van der Waals surface area (Å²) in [4.78, 5) is 23.9. The van der Waals surface area contributed by atoms with E-state index in [0.717, 1.165) is 12.8 Å². The van der Waals surface area contributed by atoms with Crippen LogP contribution in [-0.2, 0) is 17.6 Å². The van der Waals surface area contributed by atoms with E-state index in [0.29, 0.717) is 10.6 Å². The fourth-order valence-corrected chi connectivity index (χ4v) is 3.04.